The molecule has 2 saturated heterocycles. The van der Waals surface area contributed by atoms with Gasteiger partial charge in [-0.3, -0.25) is 9.59 Å². The Morgan fingerprint density at radius 1 is 1.25 bits per heavy atom. The lowest BCUT2D eigenvalue weighted by Gasteiger charge is -2.28. The van der Waals surface area contributed by atoms with Gasteiger partial charge in [0.05, 0.1) is 5.92 Å². The molecule has 0 spiro atoms. The van der Waals surface area contributed by atoms with Gasteiger partial charge >= 0.3 is 5.97 Å². The van der Waals surface area contributed by atoms with E-state index in [-0.39, 0.29) is 18.4 Å². The Morgan fingerprint density at radius 2 is 1.85 bits per heavy atom. The van der Waals surface area contributed by atoms with Gasteiger partial charge in [-0.1, -0.05) is 13.8 Å². The SMILES string of the molecule is CC(C)C(CNC(=O)CC1CC2CCC(C1)N2)C(=O)O. The Kier molecular flexibility index (Phi) is 5.02. The Hall–Kier alpha value is -1.10. The fraction of sp³-hybridized carbons (Fsp3) is 0.867. The maximum atomic E-state index is 12.0. The second-order valence-electron chi connectivity index (χ2n) is 6.67. The van der Waals surface area contributed by atoms with Crippen molar-refractivity contribution < 1.29 is 14.7 Å². The molecule has 0 saturated carbocycles. The summed E-state index contributed by atoms with van der Waals surface area (Å²) in [6.07, 6.45) is 5.17. The number of fused-ring (bicyclic) bond motifs is 2. The predicted octanol–water partition coefficient (Wildman–Crippen LogP) is 1.38. The second-order valence-corrected chi connectivity index (χ2v) is 6.67. The van der Waals surface area contributed by atoms with Crippen molar-refractivity contribution in [2.75, 3.05) is 6.54 Å². The minimum Gasteiger partial charge on any atom is -0.481 e. The normalized spacial score (nSPS) is 30.2. The average Bonchev–Trinajstić information content (AvgIpc) is 2.68. The molecule has 0 aromatic rings. The van der Waals surface area contributed by atoms with E-state index in [1.54, 1.807) is 0 Å². The first-order valence-corrected chi connectivity index (χ1v) is 7.71. The minimum atomic E-state index is -0.833. The smallest absolute Gasteiger partial charge is 0.308 e. The first-order valence-electron chi connectivity index (χ1n) is 7.71. The van der Waals surface area contributed by atoms with E-state index in [1.165, 1.54) is 12.8 Å². The van der Waals surface area contributed by atoms with E-state index < -0.39 is 11.9 Å². The molecule has 0 aliphatic carbocycles. The Balaban J connectivity index is 1.74. The lowest BCUT2D eigenvalue weighted by molar-refractivity contribution is -0.143. The van der Waals surface area contributed by atoms with Gasteiger partial charge in [-0.15, -0.1) is 0 Å². The number of carbonyl (C=O) groups excluding carboxylic acids is 1. The lowest BCUT2D eigenvalue weighted by Crippen LogP contribution is -2.41. The van der Waals surface area contributed by atoms with Crippen LogP contribution in [0.1, 0.15) is 46.0 Å². The number of hydrogen-bond acceptors (Lipinski definition) is 3. The molecule has 2 heterocycles. The molecule has 3 unspecified atom stereocenters. The van der Waals surface area contributed by atoms with E-state index in [0.29, 0.717) is 24.4 Å². The second kappa shape index (κ2) is 6.57. The molecule has 2 rings (SSSR count). The highest BCUT2D eigenvalue weighted by Gasteiger charge is 2.34. The zero-order valence-electron chi connectivity index (χ0n) is 12.4. The molecule has 0 aromatic carbocycles. The third-order valence-electron chi connectivity index (χ3n) is 4.69. The molecule has 3 atom stereocenters. The van der Waals surface area contributed by atoms with Gasteiger partial charge in [-0.2, -0.15) is 0 Å². The van der Waals surface area contributed by atoms with Crippen LogP contribution >= 0.6 is 0 Å². The number of amides is 1. The summed E-state index contributed by atoms with van der Waals surface area (Å²) in [6.45, 7) is 3.98. The monoisotopic (exact) mass is 282 g/mol. The van der Waals surface area contributed by atoms with Crippen molar-refractivity contribution in [2.24, 2.45) is 17.8 Å². The highest BCUT2D eigenvalue weighted by atomic mass is 16.4. The molecular weight excluding hydrogens is 256 g/mol. The van der Waals surface area contributed by atoms with Crippen molar-refractivity contribution in [1.82, 2.24) is 10.6 Å². The number of aliphatic carboxylic acids is 1. The van der Waals surface area contributed by atoms with Crippen molar-refractivity contribution in [1.29, 1.82) is 0 Å². The molecule has 5 heteroatoms. The molecule has 3 N–H and O–H groups in total. The van der Waals surface area contributed by atoms with Gasteiger partial charge in [0.2, 0.25) is 5.91 Å². The molecule has 0 radical (unpaired) electrons. The Labute approximate surface area is 120 Å². The largest absolute Gasteiger partial charge is 0.481 e. The van der Waals surface area contributed by atoms with Crippen molar-refractivity contribution in [2.45, 2.75) is 58.0 Å². The highest BCUT2D eigenvalue weighted by molar-refractivity contribution is 5.77. The van der Waals surface area contributed by atoms with Crippen molar-refractivity contribution in [3.63, 3.8) is 0 Å². The van der Waals surface area contributed by atoms with Gasteiger partial charge in [0.15, 0.2) is 0 Å². The lowest BCUT2D eigenvalue weighted by atomic mass is 9.89. The van der Waals surface area contributed by atoms with Gasteiger partial charge in [0.1, 0.15) is 0 Å². The molecule has 0 aromatic heterocycles. The quantitative estimate of drug-likeness (QED) is 0.688. The van der Waals surface area contributed by atoms with Gasteiger partial charge in [0, 0.05) is 25.0 Å². The molecule has 2 aliphatic rings. The van der Waals surface area contributed by atoms with Crippen LogP contribution in [0.15, 0.2) is 0 Å². The van der Waals surface area contributed by atoms with E-state index in [9.17, 15) is 9.59 Å². The van der Waals surface area contributed by atoms with E-state index in [1.807, 2.05) is 13.8 Å². The first-order chi connectivity index (χ1) is 9.45. The maximum Gasteiger partial charge on any atom is 0.308 e. The zero-order chi connectivity index (χ0) is 14.7. The standard InChI is InChI=1S/C15H26N2O3/c1-9(2)13(15(19)20)8-16-14(18)7-10-5-11-3-4-12(6-10)17-11/h9-13,17H,3-8H2,1-2H3,(H,16,18)(H,19,20). The molecular formula is C15H26N2O3. The average molecular weight is 282 g/mol. The number of carboxylic acids is 1. The van der Waals surface area contributed by atoms with E-state index >= 15 is 0 Å². The minimum absolute atomic E-state index is 0.00296. The van der Waals surface area contributed by atoms with E-state index in [0.717, 1.165) is 12.8 Å². The summed E-state index contributed by atoms with van der Waals surface area (Å²) in [5.41, 5.74) is 0. The van der Waals surface area contributed by atoms with Crippen LogP contribution in [0.25, 0.3) is 0 Å². The van der Waals surface area contributed by atoms with Crippen LogP contribution in [-0.2, 0) is 9.59 Å². The molecule has 20 heavy (non-hydrogen) atoms. The van der Waals surface area contributed by atoms with Gasteiger partial charge in [-0.05, 0) is 37.5 Å². The van der Waals surface area contributed by atoms with Crippen LogP contribution in [0, 0.1) is 17.8 Å². The molecule has 2 fully saturated rings. The summed E-state index contributed by atoms with van der Waals surface area (Å²) in [5, 5.41) is 15.5. The molecule has 114 valence electrons. The topological polar surface area (TPSA) is 78.4 Å². The van der Waals surface area contributed by atoms with Crippen molar-refractivity contribution in [3.8, 4) is 0 Å². The van der Waals surface area contributed by atoms with Gasteiger partial charge in [0.25, 0.3) is 0 Å². The van der Waals surface area contributed by atoms with E-state index in [4.69, 9.17) is 5.11 Å². The van der Waals surface area contributed by atoms with Crippen LogP contribution in [0.3, 0.4) is 0 Å². The number of carbonyl (C=O) groups is 2. The van der Waals surface area contributed by atoms with Crippen LogP contribution in [0.4, 0.5) is 0 Å². The van der Waals surface area contributed by atoms with Gasteiger partial charge in [-0.25, -0.2) is 0 Å². The highest BCUT2D eigenvalue weighted by Crippen LogP contribution is 2.32. The summed E-state index contributed by atoms with van der Waals surface area (Å²) in [6, 6.07) is 1.18. The molecule has 2 aliphatic heterocycles. The number of carboxylic acid groups (broad SMARTS) is 1. The summed E-state index contributed by atoms with van der Waals surface area (Å²) >= 11 is 0. The summed E-state index contributed by atoms with van der Waals surface area (Å²) in [4.78, 5) is 23.0. The van der Waals surface area contributed by atoms with Crippen LogP contribution in [0.2, 0.25) is 0 Å². The third kappa shape index (κ3) is 3.95. The maximum absolute atomic E-state index is 12.0. The van der Waals surface area contributed by atoms with Crippen molar-refractivity contribution in [3.05, 3.63) is 0 Å². The molecule has 2 bridgehead atoms. The fourth-order valence-corrected chi connectivity index (χ4v) is 3.51. The number of nitrogens with one attached hydrogen (secondary N) is 2. The Morgan fingerprint density at radius 3 is 2.35 bits per heavy atom. The van der Waals surface area contributed by atoms with Crippen LogP contribution in [0.5, 0.6) is 0 Å². The summed E-state index contributed by atoms with van der Waals surface area (Å²) in [5.74, 6) is -0.842. The Bertz CT molecular complexity index is 358. The zero-order valence-corrected chi connectivity index (χ0v) is 12.4. The number of rotatable bonds is 6. The molecule has 5 nitrogen and oxygen atoms in total. The van der Waals surface area contributed by atoms with E-state index in [2.05, 4.69) is 10.6 Å². The summed E-state index contributed by atoms with van der Waals surface area (Å²) < 4.78 is 0. The molecule has 1 amide bonds. The number of hydrogen-bond donors (Lipinski definition) is 3. The fourth-order valence-electron chi connectivity index (χ4n) is 3.51. The number of piperidine rings is 1. The van der Waals surface area contributed by atoms with Gasteiger partial charge < -0.3 is 15.7 Å². The van der Waals surface area contributed by atoms with Crippen molar-refractivity contribution >= 4 is 11.9 Å². The van der Waals surface area contributed by atoms with Crippen LogP contribution in [-0.4, -0.2) is 35.6 Å². The predicted molar refractivity (Wildman–Crippen MR) is 76.3 cm³/mol. The first kappa shape index (κ1) is 15.3. The summed E-state index contributed by atoms with van der Waals surface area (Å²) in [7, 11) is 0. The third-order valence-corrected chi connectivity index (χ3v) is 4.69. The van der Waals surface area contributed by atoms with Crippen LogP contribution < -0.4 is 10.6 Å².